The Morgan fingerprint density at radius 1 is 1.30 bits per heavy atom. The molecule has 4 nitrogen and oxygen atoms in total. The van der Waals surface area contributed by atoms with Crippen molar-refractivity contribution in [2.24, 2.45) is 11.8 Å². The van der Waals surface area contributed by atoms with Crippen molar-refractivity contribution in [3.63, 3.8) is 0 Å². The van der Waals surface area contributed by atoms with Crippen molar-refractivity contribution < 1.29 is 19.1 Å². The van der Waals surface area contributed by atoms with Crippen LogP contribution in [0.1, 0.15) is 17.5 Å². The molecule has 3 rings (SSSR count). The maximum absolute atomic E-state index is 13.9. The van der Waals surface area contributed by atoms with E-state index >= 15 is 0 Å². The number of rotatable bonds is 2. The molecule has 2 unspecified atom stereocenters. The van der Waals surface area contributed by atoms with Crippen LogP contribution in [-0.2, 0) is 22.6 Å². The van der Waals surface area contributed by atoms with Gasteiger partial charge in [0.25, 0.3) is 0 Å². The third-order valence-corrected chi connectivity index (χ3v) is 4.78. The van der Waals surface area contributed by atoms with Crippen LogP contribution in [-0.4, -0.2) is 28.4 Å². The van der Waals surface area contributed by atoms with Crippen LogP contribution in [0.15, 0.2) is 16.6 Å². The molecule has 1 heterocycles. The zero-order chi connectivity index (χ0) is 14.4. The number of carbonyl (C=O) groups is 2. The van der Waals surface area contributed by atoms with E-state index in [-0.39, 0.29) is 18.3 Å². The molecule has 6 heteroatoms. The summed E-state index contributed by atoms with van der Waals surface area (Å²) in [6.07, 6.45) is 0.988. The molecule has 106 valence electrons. The predicted octanol–water partition coefficient (Wildman–Crippen LogP) is 2.19. The standard InChI is InChI=1S/C14H13BrFNO3/c15-11-1-2-12(16)10-6-17(4-3-7(10)11)13(18)8-5-9(8)14(19)20/h1-2,8-9H,3-6H2,(H,19,20). The van der Waals surface area contributed by atoms with Gasteiger partial charge in [-0.25, -0.2) is 4.39 Å². The summed E-state index contributed by atoms with van der Waals surface area (Å²) in [7, 11) is 0. The lowest BCUT2D eigenvalue weighted by molar-refractivity contribution is -0.142. The largest absolute Gasteiger partial charge is 0.481 e. The molecule has 0 spiro atoms. The molecule has 1 fully saturated rings. The maximum atomic E-state index is 13.9. The fourth-order valence-corrected chi connectivity index (χ4v) is 3.33. The van der Waals surface area contributed by atoms with Crippen LogP contribution >= 0.6 is 15.9 Å². The van der Waals surface area contributed by atoms with Crippen molar-refractivity contribution in [3.8, 4) is 0 Å². The van der Waals surface area contributed by atoms with Gasteiger partial charge in [-0.1, -0.05) is 15.9 Å². The molecule has 0 aromatic heterocycles. The van der Waals surface area contributed by atoms with Crippen molar-refractivity contribution in [2.45, 2.75) is 19.4 Å². The number of carboxylic acid groups (broad SMARTS) is 1. The summed E-state index contributed by atoms with van der Waals surface area (Å²) in [4.78, 5) is 24.6. The Labute approximate surface area is 123 Å². The van der Waals surface area contributed by atoms with Crippen LogP contribution in [0.5, 0.6) is 0 Å². The molecule has 0 bridgehead atoms. The van der Waals surface area contributed by atoms with Gasteiger partial charge < -0.3 is 10.0 Å². The number of carboxylic acids is 1. The number of nitrogens with zero attached hydrogens (tertiary/aromatic N) is 1. The third-order valence-electron chi connectivity index (χ3n) is 4.03. The molecule has 1 aliphatic carbocycles. The Kier molecular flexibility index (Phi) is 3.28. The normalized spacial score (nSPS) is 24.2. The van der Waals surface area contributed by atoms with Crippen molar-refractivity contribution in [2.75, 3.05) is 6.54 Å². The van der Waals surface area contributed by atoms with E-state index in [4.69, 9.17) is 5.11 Å². The number of amides is 1. The minimum Gasteiger partial charge on any atom is -0.481 e. The first kappa shape index (κ1) is 13.5. The van der Waals surface area contributed by atoms with E-state index in [1.54, 1.807) is 11.0 Å². The van der Waals surface area contributed by atoms with Gasteiger partial charge in [-0.3, -0.25) is 9.59 Å². The number of halogens is 2. The second kappa shape index (κ2) is 4.84. The summed E-state index contributed by atoms with van der Waals surface area (Å²) in [5.74, 6) is -2.39. The lowest BCUT2D eigenvalue weighted by Gasteiger charge is -2.30. The van der Waals surface area contributed by atoms with Crippen LogP contribution < -0.4 is 0 Å². The van der Waals surface area contributed by atoms with Gasteiger partial charge in [0.1, 0.15) is 5.82 Å². The minimum absolute atomic E-state index is 0.164. The molecule has 2 aliphatic rings. The summed E-state index contributed by atoms with van der Waals surface area (Å²) in [6.45, 7) is 0.735. The Morgan fingerprint density at radius 3 is 2.70 bits per heavy atom. The molecule has 20 heavy (non-hydrogen) atoms. The van der Waals surface area contributed by atoms with Crippen LogP contribution in [0.4, 0.5) is 4.39 Å². The summed E-state index contributed by atoms with van der Waals surface area (Å²) in [6, 6.07) is 3.06. The van der Waals surface area contributed by atoms with E-state index in [1.165, 1.54) is 6.07 Å². The van der Waals surface area contributed by atoms with E-state index in [1.807, 2.05) is 0 Å². The van der Waals surface area contributed by atoms with E-state index < -0.39 is 17.8 Å². The number of fused-ring (bicyclic) bond motifs is 1. The SMILES string of the molecule is O=C(O)C1CC1C(=O)N1CCc2c(Br)ccc(F)c2C1. The fourth-order valence-electron chi connectivity index (χ4n) is 2.76. The van der Waals surface area contributed by atoms with Gasteiger partial charge in [-0.15, -0.1) is 0 Å². The zero-order valence-corrected chi connectivity index (χ0v) is 12.2. The first-order valence-electron chi connectivity index (χ1n) is 6.46. The molecular weight excluding hydrogens is 329 g/mol. The van der Waals surface area contributed by atoms with Gasteiger partial charge >= 0.3 is 5.97 Å². The maximum Gasteiger partial charge on any atom is 0.307 e. The van der Waals surface area contributed by atoms with Gasteiger partial charge in [0.2, 0.25) is 5.91 Å². The van der Waals surface area contributed by atoms with Crippen LogP contribution in [0.3, 0.4) is 0 Å². The minimum atomic E-state index is -0.922. The fraction of sp³-hybridized carbons (Fsp3) is 0.429. The summed E-state index contributed by atoms with van der Waals surface area (Å²) in [5.41, 5.74) is 1.44. The van der Waals surface area contributed by atoms with Crippen LogP contribution in [0.25, 0.3) is 0 Å². The lowest BCUT2D eigenvalue weighted by Crippen LogP contribution is -2.38. The van der Waals surface area contributed by atoms with E-state index in [9.17, 15) is 14.0 Å². The number of hydrogen-bond acceptors (Lipinski definition) is 2. The van der Waals surface area contributed by atoms with Crippen molar-refractivity contribution in [3.05, 3.63) is 33.5 Å². The second-order valence-corrected chi connectivity index (χ2v) is 6.14. The molecule has 1 saturated carbocycles. The highest BCUT2D eigenvalue weighted by Crippen LogP contribution is 2.41. The van der Waals surface area contributed by atoms with Gasteiger partial charge in [-0.05, 0) is 30.5 Å². The number of benzene rings is 1. The molecule has 1 amide bonds. The first-order valence-corrected chi connectivity index (χ1v) is 7.25. The van der Waals surface area contributed by atoms with Gasteiger partial charge in [-0.2, -0.15) is 0 Å². The highest BCUT2D eigenvalue weighted by Gasteiger charge is 2.50. The van der Waals surface area contributed by atoms with E-state index in [2.05, 4.69) is 15.9 Å². The smallest absolute Gasteiger partial charge is 0.307 e. The average Bonchev–Trinajstić information content (AvgIpc) is 3.22. The molecule has 0 saturated heterocycles. The van der Waals surface area contributed by atoms with Crippen LogP contribution in [0, 0.1) is 17.7 Å². The van der Waals surface area contributed by atoms with E-state index in [0.717, 1.165) is 10.0 Å². The Balaban J connectivity index is 1.78. The van der Waals surface area contributed by atoms with Crippen LogP contribution in [0.2, 0.25) is 0 Å². The molecular formula is C14H13BrFNO3. The van der Waals surface area contributed by atoms with Gasteiger partial charge in [0.15, 0.2) is 0 Å². The second-order valence-electron chi connectivity index (χ2n) is 5.28. The van der Waals surface area contributed by atoms with Crippen molar-refractivity contribution >= 4 is 27.8 Å². The summed E-state index contributed by atoms with van der Waals surface area (Å²) in [5, 5.41) is 8.87. The molecule has 1 aromatic rings. The average molecular weight is 342 g/mol. The van der Waals surface area contributed by atoms with Crippen molar-refractivity contribution in [1.82, 2.24) is 4.90 Å². The molecule has 0 radical (unpaired) electrons. The zero-order valence-electron chi connectivity index (χ0n) is 10.6. The number of aliphatic carboxylic acids is 1. The Morgan fingerprint density at radius 2 is 2.05 bits per heavy atom. The molecule has 1 aliphatic heterocycles. The molecule has 1 N–H and O–H groups in total. The topological polar surface area (TPSA) is 57.6 Å². The monoisotopic (exact) mass is 341 g/mol. The van der Waals surface area contributed by atoms with Gasteiger partial charge in [0.05, 0.1) is 11.8 Å². The van der Waals surface area contributed by atoms with E-state index in [0.29, 0.717) is 24.9 Å². The Bertz CT molecular complexity index is 604. The summed E-state index contributed by atoms with van der Waals surface area (Å²) < 4.78 is 14.7. The van der Waals surface area contributed by atoms with Crippen molar-refractivity contribution in [1.29, 1.82) is 0 Å². The highest BCUT2D eigenvalue weighted by molar-refractivity contribution is 9.10. The lowest BCUT2D eigenvalue weighted by atomic mass is 9.99. The molecule has 1 aromatic carbocycles. The summed E-state index contributed by atoms with van der Waals surface area (Å²) >= 11 is 3.40. The molecule has 2 atom stereocenters. The number of hydrogen-bond donors (Lipinski definition) is 1. The quantitative estimate of drug-likeness (QED) is 0.897. The third kappa shape index (κ3) is 2.22. The first-order chi connectivity index (χ1) is 9.49. The predicted molar refractivity (Wildman–Crippen MR) is 72.5 cm³/mol. The van der Waals surface area contributed by atoms with Gasteiger partial charge in [0, 0.05) is 23.1 Å². The number of carbonyl (C=O) groups excluding carboxylic acids is 1. The highest BCUT2D eigenvalue weighted by atomic mass is 79.9. The Hall–Kier alpha value is -1.43.